The average Bonchev–Trinajstić information content (AvgIpc) is 2.65. The molecular formula is C18H20N2O5S. The number of nitrogens with one attached hydrogen (secondary N) is 1. The van der Waals surface area contributed by atoms with E-state index >= 15 is 0 Å². The molecule has 0 aliphatic heterocycles. The molecule has 0 unspecified atom stereocenters. The summed E-state index contributed by atoms with van der Waals surface area (Å²) in [6.07, 6.45) is 0. The molecule has 0 fully saturated rings. The molecule has 8 heteroatoms. The lowest BCUT2D eigenvalue weighted by Gasteiger charge is -2.15. The zero-order chi connectivity index (χ0) is 19.2. The molecule has 1 N–H and O–H groups in total. The maximum atomic E-state index is 12.3. The predicted molar refractivity (Wildman–Crippen MR) is 95.9 cm³/mol. The Morgan fingerprint density at radius 1 is 1.00 bits per heavy atom. The quantitative estimate of drug-likeness (QED) is 0.738. The molecule has 0 atom stereocenters. The Hall–Kier alpha value is -2.71. The number of benzene rings is 2. The van der Waals surface area contributed by atoms with Crippen molar-refractivity contribution >= 4 is 21.9 Å². The number of nitrogens with zero attached hydrogens (tertiary/aromatic N) is 1. The van der Waals surface area contributed by atoms with Crippen molar-refractivity contribution < 1.29 is 22.7 Å². The molecule has 0 heterocycles. The van der Waals surface area contributed by atoms with Gasteiger partial charge in [0.25, 0.3) is 5.91 Å². The van der Waals surface area contributed by atoms with E-state index in [2.05, 4.69) is 5.32 Å². The van der Waals surface area contributed by atoms with Gasteiger partial charge in [-0.15, -0.1) is 0 Å². The summed E-state index contributed by atoms with van der Waals surface area (Å²) in [5, 5.41) is 2.56. The number of hydrogen-bond acceptors (Lipinski definition) is 5. The smallest absolute Gasteiger partial charge is 0.338 e. The van der Waals surface area contributed by atoms with Crippen molar-refractivity contribution in [1.82, 2.24) is 9.62 Å². The zero-order valence-corrected chi connectivity index (χ0v) is 15.3. The second kappa shape index (κ2) is 8.59. The Balaban J connectivity index is 1.95. The molecule has 0 radical (unpaired) electrons. The van der Waals surface area contributed by atoms with Gasteiger partial charge in [-0.25, -0.2) is 17.5 Å². The summed E-state index contributed by atoms with van der Waals surface area (Å²) in [4.78, 5) is 23.8. The van der Waals surface area contributed by atoms with Crippen LogP contribution in [0.3, 0.4) is 0 Å². The van der Waals surface area contributed by atoms with Gasteiger partial charge in [-0.1, -0.05) is 36.4 Å². The van der Waals surface area contributed by atoms with Gasteiger partial charge in [0, 0.05) is 20.6 Å². The monoisotopic (exact) mass is 376 g/mol. The predicted octanol–water partition coefficient (Wildman–Crippen LogP) is 1.41. The van der Waals surface area contributed by atoms with Crippen LogP contribution in [0.2, 0.25) is 0 Å². The molecule has 2 aromatic rings. The molecule has 2 rings (SSSR count). The van der Waals surface area contributed by atoms with E-state index in [0.29, 0.717) is 11.1 Å². The highest BCUT2D eigenvalue weighted by Crippen LogP contribution is 2.18. The van der Waals surface area contributed by atoms with Gasteiger partial charge < -0.3 is 10.1 Å². The lowest BCUT2D eigenvalue weighted by atomic mass is 10.2. The van der Waals surface area contributed by atoms with Crippen LogP contribution in [0.25, 0.3) is 0 Å². The van der Waals surface area contributed by atoms with Gasteiger partial charge in [0.1, 0.15) is 0 Å². The average molecular weight is 376 g/mol. The number of carbonyl (C=O) groups excluding carboxylic acids is 2. The summed E-state index contributed by atoms with van der Waals surface area (Å²) in [7, 11) is -0.744. The normalized spacial score (nSPS) is 11.2. The number of ether oxygens (including phenoxy) is 1. The summed E-state index contributed by atoms with van der Waals surface area (Å²) >= 11 is 0. The molecule has 0 aromatic heterocycles. The largest absolute Gasteiger partial charge is 0.452 e. The van der Waals surface area contributed by atoms with Crippen molar-refractivity contribution in [2.45, 2.75) is 11.4 Å². The van der Waals surface area contributed by atoms with Crippen molar-refractivity contribution in [3.8, 4) is 0 Å². The Bertz CT molecular complexity index is 879. The van der Waals surface area contributed by atoms with Crippen molar-refractivity contribution in [1.29, 1.82) is 0 Å². The third-order valence-corrected chi connectivity index (χ3v) is 5.47. The first-order valence-corrected chi connectivity index (χ1v) is 9.25. The van der Waals surface area contributed by atoms with Gasteiger partial charge in [0.2, 0.25) is 10.0 Å². The lowest BCUT2D eigenvalue weighted by Crippen LogP contribution is -2.30. The fourth-order valence-corrected chi connectivity index (χ4v) is 3.25. The van der Waals surface area contributed by atoms with E-state index in [1.165, 1.54) is 20.2 Å². The van der Waals surface area contributed by atoms with E-state index in [1.807, 2.05) is 0 Å². The standard InChI is InChI=1S/C18H20N2O5S/c1-20(2)26(23,24)16-11-7-6-10-15(16)12-19-17(21)13-25-18(22)14-8-4-3-5-9-14/h3-11H,12-13H2,1-2H3,(H,19,21). The molecule has 2 aromatic carbocycles. The van der Waals surface area contributed by atoms with Crippen LogP contribution in [-0.2, 0) is 26.1 Å². The van der Waals surface area contributed by atoms with Crippen LogP contribution in [0.1, 0.15) is 15.9 Å². The SMILES string of the molecule is CN(C)S(=O)(=O)c1ccccc1CNC(=O)COC(=O)c1ccccc1. The van der Waals surface area contributed by atoms with Crippen LogP contribution in [0.4, 0.5) is 0 Å². The molecular weight excluding hydrogens is 356 g/mol. The highest BCUT2D eigenvalue weighted by Gasteiger charge is 2.20. The number of rotatable bonds is 7. The maximum Gasteiger partial charge on any atom is 0.338 e. The van der Waals surface area contributed by atoms with Gasteiger partial charge in [-0.2, -0.15) is 0 Å². The first-order chi connectivity index (χ1) is 12.3. The maximum absolute atomic E-state index is 12.3. The van der Waals surface area contributed by atoms with Crippen LogP contribution < -0.4 is 5.32 Å². The van der Waals surface area contributed by atoms with Gasteiger partial charge >= 0.3 is 5.97 Å². The summed E-state index contributed by atoms with van der Waals surface area (Å²) < 4.78 is 30.7. The Labute approximate surface area is 152 Å². The van der Waals surface area contributed by atoms with Gasteiger partial charge in [-0.3, -0.25) is 4.79 Å². The molecule has 0 saturated carbocycles. The van der Waals surface area contributed by atoms with Gasteiger partial charge in [0.15, 0.2) is 6.61 Å². The van der Waals surface area contributed by atoms with Crippen molar-refractivity contribution in [3.63, 3.8) is 0 Å². The van der Waals surface area contributed by atoms with Crippen molar-refractivity contribution in [3.05, 3.63) is 65.7 Å². The number of carbonyl (C=O) groups is 2. The third-order valence-electron chi connectivity index (χ3n) is 3.55. The van der Waals surface area contributed by atoms with Crippen LogP contribution in [0.5, 0.6) is 0 Å². The van der Waals surface area contributed by atoms with E-state index < -0.39 is 28.5 Å². The lowest BCUT2D eigenvalue weighted by molar-refractivity contribution is -0.124. The van der Waals surface area contributed by atoms with Crippen molar-refractivity contribution in [2.24, 2.45) is 0 Å². The minimum Gasteiger partial charge on any atom is -0.452 e. The van der Waals surface area contributed by atoms with Crippen molar-refractivity contribution in [2.75, 3.05) is 20.7 Å². The molecule has 26 heavy (non-hydrogen) atoms. The second-order valence-corrected chi connectivity index (χ2v) is 7.73. The molecule has 0 spiro atoms. The first-order valence-electron chi connectivity index (χ1n) is 7.81. The summed E-state index contributed by atoms with van der Waals surface area (Å²) in [6, 6.07) is 14.7. The summed E-state index contributed by atoms with van der Waals surface area (Å²) in [6.45, 7) is -0.443. The fraction of sp³-hybridized carbons (Fsp3) is 0.222. The number of sulfonamides is 1. The molecule has 1 amide bonds. The van der Waals surface area contributed by atoms with Crippen LogP contribution in [0.15, 0.2) is 59.5 Å². The van der Waals surface area contributed by atoms with E-state index in [0.717, 1.165) is 4.31 Å². The second-order valence-electron chi connectivity index (χ2n) is 5.61. The number of hydrogen-bond donors (Lipinski definition) is 1. The topological polar surface area (TPSA) is 92.8 Å². The molecule has 0 aliphatic rings. The highest BCUT2D eigenvalue weighted by molar-refractivity contribution is 7.89. The Morgan fingerprint density at radius 3 is 2.27 bits per heavy atom. The number of esters is 1. The minimum absolute atomic E-state index is 0.00492. The van der Waals surface area contributed by atoms with E-state index in [9.17, 15) is 18.0 Å². The van der Waals surface area contributed by atoms with Crippen LogP contribution >= 0.6 is 0 Å². The van der Waals surface area contributed by atoms with Gasteiger partial charge in [0.05, 0.1) is 10.5 Å². The Morgan fingerprint density at radius 2 is 1.62 bits per heavy atom. The number of amides is 1. The van der Waals surface area contributed by atoms with E-state index in [1.54, 1.807) is 48.5 Å². The molecule has 0 bridgehead atoms. The molecule has 0 aliphatic carbocycles. The van der Waals surface area contributed by atoms with Crippen LogP contribution in [-0.4, -0.2) is 45.3 Å². The molecule has 0 saturated heterocycles. The fourth-order valence-electron chi connectivity index (χ4n) is 2.13. The highest BCUT2D eigenvalue weighted by atomic mass is 32.2. The van der Waals surface area contributed by atoms with Crippen LogP contribution in [0, 0.1) is 0 Å². The van der Waals surface area contributed by atoms with Gasteiger partial charge in [-0.05, 0) is 23.8 Å². The summed E-state index contributed by atoms with van der Waals surface area (Å²) in [5.41, 5.74) is 0.798. The molecule has 7 nitrogen and oxygen atoms in total. The van der Waals surface area contributed by atoms with E-state index in [4.69, 9.17) is 4.74 Å². The van der Waals surface area contributed by atoms with E-state index in [-0.39, 0.29) is 11.4 Å². The third kappa shape index (κ3) is 4.90. The summed E-state index contributed by atoms with van der Waals surface area (Å²) in [5.74, 6) is -1.12. The Kier molecular flexibility index (Phi) is 6.48. The first kappa shape index (κ1) is 19.6. The minimum atomic E-state index is -3.62. The molecule has 138 valence electrons. The zero-order valence-electron chi connectivity index (χ0n) is 14.5.